The van der Waals surface area contributed by atoms with Crippen molar-refractivity contribution >= 4 is 11.6 Å². The van der Waals surface area contributed by atoms with Gasteiger partial charge in [-0.2, -0.15) is 0 Å². The highest BCUT2D eigenvalue weighted by Crippen LogP contribution is 2.29. The number of pyridine rings is 1. The van der Waals surface area contributed by atoms with E-state index in [1.54, 1.807) is 17.2 Å². The monoisotopic (exact) mass is 292 g/mol. The molecule has 6 nitrogen and oxygen atoms in total. The Morgan fingerprint density at radius 1 is 1.33 bits per heavy atom. The number of amides is 1. The third-order valence-corrected chi connectivity index (χ3v) is 3.41. The van der Waals surface area contributed by atoms with Gasteiger partial charge in [-0.25, -0.2) is 0 Å². The lowest BCUT2D eigenvalue weighted by atomic mass is 9.98. The number of nitrogens with two attached hydrogens (primary N) is 1. The fraction of sp³-hybridized carbons (Fsp3) is 0.600. The second kappa shape index (κ2) is 5.27. The van der Waals surface area contributed by atoms with E-state index < -0.39 is 0 Å². The van der Waals surface area contributed by atoms with Gasteiger partial charge >= 0.3 is 0 Å². The SMILES string of the molecule is Cc1cc(NN)c(C(=O)N2CC(C)(C)OC(C)(C)C2)cn1. The molecule has 6 heteroatoms. The van der Waals surface area contributed by atoms with Gasteiger partial charge in [0.05, 0.1) is 22.5 Å². The number of ether oxygens (including phenoxy) is 1. The summed E-state index contributed by atoms with van der Waals surface area (Å²) in [7, 11) is 0. The molecule has 0 bridgehead atoms. The van der Waals surface area contributed by atoms with E-state index in [2.05, 4.69) is 10.4 Å². The maximum absolute atomic E-state index is 12.8. The summed E-state index contributed by atoms with van der Waals surface area (Å²) in [6.45, 7) is 10.9. The van der Waals surface area contributed by atoms with Crippen LogP contribution >= 0.6 is 0 Å². The first-order valence-electron chi connectivity index (χ1n) is 7.06. The molecule has 1 aromatic heterocycles. The Balaban J connectivity index is 2.31. The molecular formula is C15H24N4O2. The third-order valence-electron chi connectivity index (χ3n) is 3.41. The number of hydrazine groups is 1. The van der Waals surface area contributed by atoms with E-state index in [0.29, 0.717) is 24.3 Å². The summed E-state index contributed by atoms with van der Waals surface area (Å²) in [4.78, 5) is 18.8. The van der Waals surface area contributed by atoms with Crippen molar-refractivity contribution in [1.29, 1.82) is 0 Å². The van der Waals surface area contributed by atoms with Crippen LogP contribution in [-0.2, 0) is 4.74 Å². The van der Waals surface area contributed by atoms with Crippen molar-refractivity contribution in [2.24, 2.45) is 5.84 Å². The molecule has 116 valence electrons. The maximum Gasteiger partial charge on any atom is 0.257 e. The van der Waals surface area contributed by atoms with Crippen molar-refractivity contribution in [2.45, 2.75) is 45.8 Å². The van der Waals surface area contributed by atoms with Gasteiger partial charge in [0.15, 0.2) is 0 Å². The number of nitrogens with one attached hydrogen (secondary N) is 1. The normalized spacial score (nSPS) is 20.2. The van der Waals surface area contributed by atoms with E-state index in [1.165, 1.54) is 0 Å². The van der Waals surface area contributed by atoms with Gasteiger partial charge in [0, 0.05) is 25.0 Å². The highest BCUT2D eigenvalue weighted by molar-refractivity contribution is 5.99. The van der Waals surface area contributed by atoms with Gasteiger partial charge in [0.25, 0.3) is 5.91 Å². The van der Waals surface area contributed by atoms with Crippen LogP contribution in [0.2, 0.25) is 0 Å². The number of nitrogen functional groups attached to an aromatic ring is 1. The Morgan fingerprint density at radius 2 is 1.90 bits per heavy atom. The van der Waals surface area contributed by atoms with Gasteiger partial charge in [-0.3, -0.25) is 15.6 Å². The number of nitrogens with zero attached hydrogens (tertiary/aromatic N) is 2. The Bertz CT molecular complexity index is 539. The predicted octanol–water partition coefficient (Wildman–Crippen LogP) is 1.71. The van der Waals surface area contributed by atoms with Crippen LogP contribution in [0.1, 0.15) is 43.7 Å². The molecule has 1 aliphatic rings. The summed E-state index contributed by atoms with van der Waals surface area (Å²) in [5, 5.41) is 0. The van der Waals surface area contributed by atoms with Gasteiger partial charge in [-0.1, -0.05) is 0 Å². The third kappa shape index (κ3) is 3.51. The molecule has 1 aromatic rings. The minimum absolute atomic E-state index is 0.0834. The van der Waals surface area contributed by atoms with Crippen LogP contribution in [0.5, 0.6) is 0 Å². The molecular weight excluding hydrogens is 268 g/mol. The number of hydrogen-bond acceptors (Lipinski definition) is 5. The Hall–Kier alpha value is -1.66. The van der Waals surface area contributed by atoms with Gasteiger partial charge in [-0.15, -0.1) is 0 Å². The van der Waals surface area contributed by atoms with Crippen LogP contribution in [0.25, 0.3) is 0 Å². The van der Waals surface area contributed by atoms with Crippen molar-refractivity contribution in [3.63, 3.8) is 0 Å². The van der Waals surface area contributed by atoms with Crippen LogP contribution in [-0.4, -0.2) is 40.1 Å². The molecule has 0 saturated carbocycles. The molecule has 1 fully saturated rings. The highest BCUT2D eigenvalue weighted by atomic mass is 16.5. The molecule has 1 amide bonds. The number of anilines is 1. The minimum atomic E-state index is -0.383. The second-order valence-electron chi connectivity index (χ2n) is 6.80. The van der Waals surface area contributed by atoms with Crippen molar-refractivity contribution < 1.29 is 9.53 Å². The van der Waals surface area contributed by atoms with Gasteiger partial charge in [0.1, 0.15) is 0 Å². The van der Waals surface area contributed by atoms with E-state index in [9.17, 15) is 4.79 Å². The standard InChI is InChI=1S/C15H24N4O2/c1-10-6-12(18-16)11(7-17-10)13(20)19-8-14(2,3)21-15(4,5)9-19/h6-7H,8-9,16H2,1-5H3,(H,17,18). The van der Waals surface area contributed by atoms with Crippen LogP contribution in [0.15, 0.2) is 12.3 Å². The van der Waals surface area contributed by atoms with Crippen molar-refractivity contribution in [3.05, 3.63) is 23.5 Å². The summed E-state index contributed by atoms with van der Waals surface area (Å²) in [5.74, 6) is 5.44. The molecule has 0 atom stereocenters. The van der Waals surface area contributed by atoms with Crippen molar-refractivity contribution in [1.82, 2.24) is 9.88 Å². The largest absolute Gasteiger partial charge is 0.366 e. The topological polar surface area (TPSA) is 80.5 Å². The van der Waals surface area contributed by atoms with Crippen LogP contribution < -0.4 is 11.3 Å². The summed E-state index contributed by atoms with van der Waals surface area (Å²) in [6, 6.07) is 1.77. The molecule has 0 spiro atoms. The van der Waals surface area contributed by atoms with E-state index in [4.69, 9.17) is 10.6 Å². The molecule has 1 saturated heterocycles. The molecule has 3 N–H and O–H groups in total. The number of morpholine rings is 1. The summed E-state index contributed by atoms with van der Waals surface area (Å²) >= 11 is 0. The van der Waals surface area contributed by atoms with Crippen LogP contribution in [0, 0.1) is 6.92 Å². The quantitative estimate of drug-likeness (QED) is 0.640. The van der Waals surface area contributed by atoms with Gasteiger partial charge in [-0.05, 0) is 40.7 Å². The van der Waals surface area contributed by atoms with Crippen molar-refractivity contribution in [2.75, 3.05) is 18.5 Å². The van der Waals surface area contributed by atoms with E-state index >= 15 is 0 Å². The Morgan fingerprint density at radius 3 is 2.43 bits per heavy atom. The average molecular weight is 292 g/mol. The molecule has 1 aliphatic heterocycles. The molecule has 0 unspecified atom stereocenters. The summed E-state index contributed by atoms with van der Waals surface area (Å²) in [5.41, 5.74) is 3.70. The number of carbonyl (C=O) groups excluding carboxylic acids is 1. The lowest BCUT2D eigenvalue weighted by Gasteiger charge is -2.47. The van der Waals surface area contributed by atoms with Crippen LogP contribution in [0.3, 0.4) is 0 Å². The minimum Gasteiger partial charge on any atom is -0.366 e. The molecule has 0 aliphatic carbocycles. The highest BCUT2D eigenvalue weighted by Gasteiger charge is 2.40. The van der Waals surface area contributed by atoms with Gasteiger partial charge < -0.3 is 15.1 Å². The zero-order valence-electron chi connectivity index (χ0n) is 13.4. The number of hydrogen-bond donors (Lipinski definition) is 2. The molecule has 0 radical (unpaired) electrons. The first kappa shape index (κ1) is 15.7. The van der Waals surface area contributed by atoms with Crippen molar-refractivity contribution in [3.8, 4) is 0 Å². The Kier molecular flexibility index (Phi) is 3.95. The fourth-order valence-electron chi connectivity index (χ4n) is 2.95. The lowest BCUT2D eigenvalue weighted by molar-refractivity contribution is -0.171. The number of carbonyl (C=O) groups is 1. The predicted molar refractivity (Wildman–Crippen MR) is 81.9 cm³/mol. The second-order valence-corrected chi connectivity index (χ2v) is 6.80. The first-order valence-corrected chi connectivity index (χ1v) is 7.06. The first-order chi connectivity index (χ1) is 9.63. The molecule has 2 rings (SSSR count). The number of rotatable bonds is 2. The summed E-state index contributed by atoms with van der Waals surface area (Å²) < 4.78 is 6.00. The van der Waals surface area contributed by atoms with E-state index in [1.807, 2.05) is 34.6 Å². The molecule has 21 heavy (non-hydrogen) atoms. The summed E-state index contributed by atoms with van der Waals surface area (Å²) in [6.07, 6.45) is 1.57. The fourth-order valence-corrected chi connectivity index (χ4v) is 2.95. The average Bonchev–Trinajstić information content (AvgIpc) is 2.34. The smallest absolute Gasteiger partial charge is 0.257 e. The van der Waals surface area contributed by atoms with Gasteiger partial charge in [0.2, 0.25) is 0 Å². The molecule has 0 aromatic carbocycles. The van der Waals surface area contributed by atoms with E-state index in [0.717, 1.165) is 5.69 Å². The zero-order valence-corrected chi connectivity index (χ0v) is 13.4. The lowest BCUT2D eigenvalue weighted by Crippen LogP contribution is -2.58. The molecule has 2 heterocycles. The Labute approximate surface area is 125 Å². The van der Waals surface area contributed by atoms with Crippen LogP contribution in [0.4, 0.5) is 5.69 Å². The zero-order chi connectivity index (χ0) is 15.8. The number of aryl methyl sites for hydroxylation is 1. The maximum atomic E-state index is 12.8. The van der Waals surface area contributed by atoms with E-state index in [-0.39, 0.29) is 17.1 Å². The number of aromatic nitrogens is 1.